The van der Waals surface area contributed by atoms with Crippen molar-refractivity contribution < 1.29 is 9.50 Å². The molecule has 1 aliphatic rings. The van der Waals surface area contributed by atoms with Crippen LogP contribution in [0.4, 0.5) is 4.39 Å². The first-order valence-electron chi connectivity index (χ1n) is 8.26. The van der Waals surface area contributed by atoms with E-state index in [1.807, 2.05) is 6.92 Å². The maximum absolute atomic E-state index is 13.7. The van der Waals surface area contributed by atoms with Gasteiger partial charge in [-0.15, -0.1) is 0 Å². The summed E-state index contributed by atoms with van der Waals surface area (Å²) in [6.45, 7) is 7.32. The van der Waals surface area contributed by atoms with Gasteiger partial charge in [0.15, 0.2) is 0 Å². The monoisotopic (exact) mass is 293 g/mol. The van der Waals surface area contributed by atoms with Crippen LogP contribution < -0.4 is 0 Å². The zero-order chi connectivity index (χ0) is 15.2. The standard InChI is InChI=1S/C18H28FNO/c1-3-6-15-9-11-20(12-10-15)13-14(2)18(21)16-7-4-5-8-17(16)19/h4-5,7-8,14-15,18,21H,3,6,9-13H2,1-2H3. The molecule has 1 saturated heterocycles. The lowest BCUT2D eigenvalue weighted by Crippen LogP contribution is -2.37. The number of rotatable bonds is 6. The number of hydrogen-bond acceptors (Lipinski definition) is 2. The summed E-state index contributed by atoms with van der Waals surface area (Å²) in [6.07, 6.45) is 4.40. The van der Waals surface area contributed by atoms with Crippen molar-refractivity contribution in [1.82, 2.24) is 4.90 Å². The average Bonchev–Trinajstić information content (AvgIpc) is 2.49. The summed E-state index contributed by atoms with van der Waals surface area (Å²) >= 11 is 0. The molecule has 0 amide bonds. The molecule has 0 aliphatic carbocycles. The van der Waals surface area contributed by atoms with E-state index in [4.69, 9.17) is 0 Å². The normalized spacial score (nSPS) is 20.4. The molecule has 1 heterocycles. The Kier molecular flexibility index (Phi) is 6.19. The summed E-state index contributed by atoms with van der Waals surface area (Å²) in [4.78, 5) is 2.42. The first-order valence-corrected chi connectivity index (χ1v) is 8.26. The number of aliphatic hydroxyl groups excluding tert-OH is 1. The molecule has 2 atom stereocenters. The topological polar surface area (TPSA) is 23.5 Å². The van der Waals surface area contributed by atoms with Crippen LogP contribution in [-0.4, -0.2) is 29.6 Å². The van der Waals surface area contributed by atoms with Gasteiger partial charge in [0.25, 0.3) is 0 Å². The average molecular weight is 293 g/mol. The highest BCUT2D eigenvalue weighted by Crippen LogP contribution is 2.27. The zero-order valence-corrected chi connectivity index (χ0v) is 13.3. The Labute approximate surface area is 128 Å². The molecule has 2 unspecified atom stereocenters. The van der Waals surface area contributed by atoms with Gasteiger partial charge in [-0.05, 0) is 43.8 Å². The second-order valence-corrected chi connectivity index (χ2v) is 6.48. The minimum absolute atomic E-state index is 0.0459. The van der Waals surface area contributed by atoms with Crippen LogP contribution in [0.5, 0.6) is 0 Å². The Bertz CT molecular complexity index is 429. The number of nitrogens with zero attached hydrogens (tertiary/aromatic N) is 1. The summed E-state index contributed by atoms with van der Waals surface area (Å²) in [7, 11) is 0. The highest BCUT2D eigenvalue weighted by atomic mass is 19.1. The van der Waals surface area contributed by atoms with E-state index in [0.29, 0.717) is 5.56 Å². The molecular weight excluding hydrogens is 265 g/mol. The molecule has 3 heteroatoms. The molecule has 0 bridgehead atoms. The first-order chi connectivity index (χ1) is 10.1. The zero-order valence-electron chi connectivity index (χ0n) is 13.3. The van der Waals surface area contributed by atoms with Gasteiger partial charge in [-0.25, -0.2) is 4.39 Å². The molecule has 2 rings (SSSR count). The lowest BCUT2D eigenvalue weighted by Gasteiger charge is -2.34. The van der Waals surface area contributed by atoms with Gasteiger partial charge in [0.1, 0.15) is 5.82 Å². The highest BCUT2D eigenvalue weighted by Gasteiger charge is 2.24. The van der Waals surface area contributed by atoms with E-state index < -0.39 is 6.10 Å². The molecule has 2 nitrogen and oxygen atoms in total. The summed E-state index contributed by atoms with van der Waals surface area (Å²) in [5, 5.41) is 10.4. The maximum Gasteiger partial charge on any atom is 0.129 e. The van der Waals surface area contributed by atoms with Gasteiger partial charge in [0, 0.05) is 12.1 Å². The van der Waals surface area contributed by atoms with Gasteiger partial charge in [0.2, 0.25) is 0 Å². The predicted octanol–water partition coefficient (Wildman–Crippen LogP) is 4.01. The molecule has 1 aromatic rings. The molecule has 118 valence electrons. The van der Waals surface area contributed by atoms with E-state index in [2.05, 4.69) is 11.8 Å². The fourth-order valence-corrected chi connectivity index (χ4v) is 3.39. The number of likely N-dealkylation sites (tertiary alicyclic amines) is 1. The molecule has 0 aromatic heterocycles. The molecule has 21 heavy (non-hydrogen) atoms. The molecule has 1 N–H and O–H groups in total. The molecule has 0 saturated carbocycles. The summed E-state index contributed by atoms with van der Waals surface area (Å²) < 4.78 is 13.7. The van der Waals surface area contributed by atoms with Crippen LogP contribution in [0.3, 0.4) is 0 Å². The lowest BCUT2D eigenvalue weighted by atomic mass is 9.91. The van der Waals surface area contributed by atoms with Crippen molar-refractivity contribution in [2.24, 2.45) is 11.8 Å². The van der Waals surface area contributed by atoms with Gasteiger partial charge in [-0.1, -0.05) is 44.9 Å². The fraction of sp³-hybridized carbons (Fsp3) is 0.667. The van der Waals surface area contributed by atoms with Crippen molar-refractivity contribution in [1.29, 1.82) is 0 Å². The second-order valence-electron chi connectivity index (χ2n) is 6.48. The van der Waals surface area contributed by atoms with Crippen molar-refractivity contribution in [3.63, 3.8) is 0 Å². The summed E-state index contributed by atoms with van der Waals surface area (Å²) in [6, 6.07) is 6.55. The Morgan fingerprint density at radius 3 is 2.57 bits per heavy atom. The van der Waals surface area contributed by atoms with Crippen LogP contribution in [0.15, 0.2) is 24.3 Å². The Balaban J connectivity index is 1.85. The molecule has 1 fully saturated rings. The van der Waals surface area contributed by atoms with Crippen LogP contribution in [0.25, 0.3) is 0 Å². The van der Waals surface area contributed by atoms with E-state index in [1.54, 1.807) is 18.2 Å². The number of piperidine rings is 1. The van der Waals surface area contributed by atoms with Gasteiger partial charge < -0.3 is 10.0 Å². The number of benzene rings is 1. The third-order valence-corrected chi connectivity index (χ3v) is 4.71. The fourth-order valence-electron chi connectivity index (χ4n) is 3.39. The predicted molar refractivity (Wildman–Crippen MR) is 84.6 cm³/mol. The van der Waals surface area contributed by atoms with Crippen molar-refractivity contribution in [2.75, 3.05) is 19.6 Å². The Hall–Kier alpha value is -0.930. The quantitative estimate of drug-likeness (QED) is 0.856. The van der Waals surface area contributed by atoms with Crippen LogP contribution in [0.2, 0.25) is 0 Å². The van der Waals surface area contributed by atoms with E-state index in [9.17, 15) is 9.50 Å². The van der Waals surface area contributed by atoms with E-state index in [1.165, 1.54) is 31.7 Å². The molecule has 1 aliphatic heterocycles. The Morgan fingerprint density at radius 1 is 1.29 bits per heavy atom. The SMILES string of the molecule is CCCC1CCN(CC(C)C(O)c2ccccc2F)CC1. The highest BCUT2D eigenvalue weighted by molar-refractivity contribution is 5.20. The van der Waals surface area contributed by atoms with Crippen LogP contribution in [-0.2, 0) is 0 Å². The third kappa shape index (κ3) is 4.52. The van der Waals surface area contributed by atoms with Crippen molar-refractivity contribution in [2.45, 2.75) is 45.6 Å². The van der Waals surface area contributed by atoms with Crippen LogP contribution >= 0.6 is 0 Å². The molecular formula is C18H28FNO. The first kappa shape index (κ1) is 16.4. The van der Waals surface area contributed by atoms with Crippen LogP contribution in [0, 0.1) is 17.7 Å². The van der Waals surface area contributed by atoms with Gasteiger partial charge >= 0.3 is 0 Å². The smallest absolute Gasteiger partial charge is 0.129 e. The molecule has 0 radical (unpaired) electrons. The number of aliphatic hydroxyl groups is 1. The minimum Gasteiger partial charge on any atom is -0.388 e. The van der Waals surface area contributed by atoms with E-state index in [0.717, 1.165) is 25.6 Å². The largest absolute Gasteiger partial charge is 0.388 e. The maximum atomic E-state index is 13.7. The molecule has 1 aromatic carbocycles. The van der Waals surface area contributed by atoms with Crippen molar-refractivity contribution >= 4 is 0 Å². The summed E-state index contributed by atoms with van der Waals surface area (Å²) in [5.74, 6) is 0.612. The summed E-state index contributed by atoms with van der Waals surface area (Å²) in [5.41, 5.74) is 0.422. The lowest BCUT2D eigenvalue weighted by molar-refractivity contribution is 0.0721. The van der Waals surface area contributed by atoms with Crippen molar-refractivity contribution in [3.8, 4) is 0 Å². The molecule has 0 spiro atoms. The van der Waals surface area contributed by atoms with Gasteiger partial charge in [0.05, 0.1) is 6.10 Å². The minimum atomic E-state index is -0.723. The van der Waals surface area contributed by atoms with Crippen LogP contribution in [0.1, 0.15) is 51.2 Å². The third-order valence-electron chi connectivity index (χ3n) is 4.71. The van der Waals surface area contributed by atoms with Gasteiger partial charge in [-0.3, -0.25) is 0 Å². The van der Waals surface area contributed by atoms with Crippen molar-refractivity contribution in [3.05, 3.63) is 35.6 Å². The number of halogens is 1. The second kappa shape index (κ2) is 7.90. The Morgan fingerprint density at radius 2 is 1.95 bits per heavy atom. The van der Waals surface area contributed by atoms with E-state index in [-0.39, 0.29) is 11.7 Å². The van der Waals surface area contributed by atoms with Gasteiger partial charge in [-0.2, -0.15) is 0 Å². The van der Waals surface area contributed by atoms with E-state index >= 15 is 0 Å². The number of hydrogen-bond donors (Lipinski definition) is 1.